The molecule has 0 aliphatic carbocycles. The second kappa shape index (κ2) is 4.41. The number of nitro groups is 1. The molecule has 4 nitrogen and oxygen atoms in total. The summed E-state index contributed by atoms with van der Waals surface area (Å²) >= 11 is 3.27. The number of halogens is 1. The van der Waals surface area contributed by atoms with Crippen LogP contribution in [0.3, 0.4) is 0 Å². The summed E-state index contributed by atoms with van der Waals surface area (Å²) in [6.45, 7) is 7.26. The lowest BCUT2D eigenvalue weighted by atomic mass is 10.1. The molecule has 1 aromatic rings. The number of ether oxygens (including phenoxy) is 1. The molecule has 0 N–H and O–H groups in total. The third kappa shape index (κ3) is 2.95. The maximum absolute atomic E-state index is 11.0. The Morgan fingerprint density at radius 2 is 1.94 bits per heavy atom. The number of hydrogen-bond acceptors (Lipinski definition) is 3. The van der Waals surface area contributed by atoms with Crippen LogP contribution in [0.15, 0.2) is 16.6 Å². The van der Waals surface area contributed by atoms with Crippen LogP contribution in [-0.4, -0.2) is 10.5 Å². The highest BCUT2D eigenvalue weighted by Crippen LogP contribution is 2.36. The van der Waals surface area contributed by atoms with Gasteiger partial charge in [-0.2, -0.15) is 0 Å². The van der Waals surface area contributed by atoms with Crippen LogP contribution in [0.1, 0.15) is 26.3 Å². The molecule has 0 radical (unpaired) electrons. The summed E-state index contributed by atoms with van der Waals surface area (Å²) in [7, 11) is 0. The highest BCUT2D eigenvalue weighted by Gasteiger charge is 2.24. The first-order chi connectivity index (χ1) is 7.22. The zero-order chi connectivity index (χ0) is 12.5. The Hall–Kier alpha value is -1.10. The second-order valence-corrected chi connectivity index (χ2v) is 5.35. The lowest BCUT2D eigenvalue weighted by Gasteiger charge is -2.21. The molecule has 0 atom stereocenters. The molecule has 0 aliphatic heterocycles. The average molecular weight is 288 g/mol. The summed E-state index contributed by atoms with van der Waals surface area (Å²) in [5.74, 6) is 0.304. The summed E-state index contributed by atoms with van der Waals surface area (Å²) in [6, 6.07) is 3.36. The van der Waals surface area contributed by atoms with Crippen molar-refractivity contribution < 1.29 is 9.66 Å². The minimum Gasteiger partial charge on any atom is -0.481 e. The first kappa shape index (κ1) is 13.0. The summed E-state index contributed by atoms with van der Waals surface area (Å²) in [5.41, 5.74) is 0.140. The Kier molecular flexibility index (Phi) is 3.57. The molecule has 0 spiro atoms. The van der Waals surface area contributed by atoms with Crippen molar-refractivity contribution in [1.29, 1.82) is 0 Å². The van der Waals surface area contributed by atoms with E-state index >= 15 is 0 Å². The summed E-state index contributed by atoms with van der Waals surface area (Å²) in [5, 5.41) is 11.0. The predicted molar refractivity (Wildman–Crippen MR) is 65.9 cm³/mol. The quantitative estimate of drug-likeness (QED) is 0.613. The van der Waals surface area contributed by atoms with Crippen LogP contribution < -0.4 is 4.74 Å². The SMILES string of the molecule is Cc1c(Br)ccc(OC(C)(C)C)c1[N+](=O)[O-]. The fourth-order valence-electron chi connectivity index (χ4n) is 1.29. The molecule has 0 saturated carbocycles. The van der Waals surface area contributed by atoms with Gasteiger partial charge in [0.25, 0.3) is 0 Å². The van der Waals surface area contributed by atoms with E-state index in [9.17, 15) is 10.1 Å². The number of nitro benzene ring substituents is 1. The van der Waals surface area contributed by atoms with Gasteiger partial charge in [0, 0.05) is 10.0 Å². The zero-order valence-corrected chi connectivity index (χ0v) is 11.3. The van der Waals surface area contributed by atoms with Gasteiger partial charge in [0.05, 0.1) is 4.92 Å². The Bertz CT molecular complexity index is 424. The van der Waals surface area contributed by atoms with E-state index in [1.807, 2.05) is 20.8 Å². The molecule has 1 rings (SSSR count). The van der Waals surface area contributed by atoms with Crippen molar-refractivity contribution in [1.82, 2.24) is 0 Å². The van der Waals surface area contributed by atoms with E-state index in [1.54, 1.807) is 19.1 Å². The van der Waals surface area contributed by atoms with Gasteiger partial charge in [-0.3, -0.25) is 10.1 Å². The number of nitrogens with zero attached hydrogens (tertiary/aromatic N) is 1. The van der Waals surface area contributed by atoms with Crippen molar-refractivity contribution in [2.75, 3.05) is 0 Å². The van der Waals surface area contributed by atoms with Crippen LogP contribution >= 0.6 is 15.9 Å². The van der Waals surface area contributed by atoms with Gasteiger partial charge in [0.15, 0.2) is 5.75 Å². The molecule has 0 heterocycles. The van der Waals surface area contributed by atoms with Crippen molar-refractivity contribution >= 4 is 21.6 Å². The van der Waals surface area contributed by atoms with Crippen molar-refractivity contribution in [3.63, 3.8) is 0 Å². The van der Waals surface area contributed by atoms with Crippen LogP contribution in [-0.2, 0) is 0 Å². The molecule has 5 heteroatoms. The van der Waals surface area contributed by atoms with E-state index in [-0.39, 0.29) is 5.69 Å². The summed E-state index contributed by atoms with van der Waals surface area (Å²) in [4.78, 5) is 10.6. The van der Waals surface area contributed by atoms with Crippen LogP contribution in [0, 0.1) is 17.0 Å². The van der Waals surface area contributed by atoms with Gasteiger partial charge >= 0.3 is 5.69 Å². The third-order valence-corrected chi connectivity index (χ3v) is 2.79. The Morgan fingerprint density at radius 1 is 1.38 bits per heavy atom. The second-order valence-electron chi connectivity index (χ2n) is 4.49. The largest absolute Gasteiger partial charge is 0.481 e. The predicted octanol–water partition coefficient (Wildman–Crippen LogP) is 3.84. The minimum atomic E-state index is -0.453. The van der Waals surface area contributed by atoms with Crippen LogP contribution in [0.25, 0.3) is 0 Å². The van der Waals surface area contributed by atoms with E-state index < -0.39 is 10.5 Å². The first-order valence-corrected chi connectivity index (χ1v) is 5.64. The fraction of sp³-hybridized carbons (Fsp3) is 0.455. The minimum absolute atomic E-state index is 0.0179. The van der Waals surface area contributed by atoms with Crippen LogP contribution in [0.5, 0.6) is 5.75 Å². The van der Waals surface area contributed by atoms with E-state index in [0.29, 0.717) is 15.8 Å². The van der Waals surface area contributed by atoms with Gasteiger partial charge in [0.1, 0.15) is 5.60 Å². The summed E-state index contributed by atoms with van der Waals surface area (Å²) in [6.07, 6.45) is 0. The molecule has 0 saturated heterocycles. The van der Waals surface area contributed by atoms with Gasteiger partial charge in [-0.05, 0) is 39.8 Å². The Morgan fingerprint density at radius 3 is 2.38 bits per heavy atom. The van der Waals surface area contributed by atoms with E-state index in [0.717, 1.165) is 0 Å². The lowest BCUT2D eigenvalue weighted by Crippen LogP contribution is -2.23. The smallest absolute Gasteiger partial charge is 0.314 e. The molecule has 16 heavy (non-hydrogen) atoms. The number of rotatable bonds is 2. The topological polar surface area (TPSA) is 52.4 Å². The number of hydrogen-bond donors (Lipinski definition) is 0. The molecule has 0 aliphatic rings. The van der Waals surface area contributed by atoms with Crippen molar-refractivity contribution in [2.45, 2.75) is 33.3 Å². The van der Waals surface area contributed by atoms with E-state index in [1.165, 1.54) is 0 Å². The van der Waals surface area contributed by atoms with Gasteiger partial charge in [-0.15, -0.1) is 0 Å². The Labute approximate surface area is 103 Å². The number of benzene rings is 1. The standard InChI is InChI=1S/C11H14BrNO3/c1-7-8(12)5-6-9(10(7)13(14)15)16-11(2,3)4/h5-6H,1-4H3. The van der Waals surface area contributed by atoms with Crippen molar-refractivity contribution in [2.24, 2.45) is 0 Å². The molecular formula is C11H14BrNO3. The van der Waals surface area contributed by atoms with Crippen molar-refractivity contribution in [3.8, 4) is 5.75 Å². The molecule has 0 fully saturated rings. The molecule has 0 bridgehead atoms. The van der Waals surface area contributed by atoms with Gasteiger partial charge in [-0.25, -0.2) is 0 Å². The third-order valence-electron chi connectivity index (χ3n) is 1.93. The summed E-state index contributed by atoms with van der Waals surface area (Å²) < 4.78 is 6.28. The Balaban J connectivity index is 3.29. The van der Waals surface area contributed by atoms with Crippen molar-refractivity contribution in [3.05, 3.63) is 32.3 Å². The fourth-order valence-corrected chi connectivity index (χ4v) is 1.61. The lowest BCUT2D eigenvalue weighted by molar-refractivity contribution is -0.386. The molecule has 0 unspecified atom stereocenters. The van der Waals surface area contributed by atoms with Gasteiger partial charge < -0.3 is 4.74 Å². The van der Waals surface area contributed by atoms with Gasteiger partial charge in [-0.1, -0.05) is 15.9 Å². The van der Waals surface area contributed by atoms with E-state index in [4.69, 9.17) is 4.74 Å². The average Bonchev–Trinajstić information content (AvgIpc) is 2.08. The zero-order valence-electron chi connectivity index (χ0n) is 9.70. The highest BCUT2D eigenvalue weighted by molar-refractivity contribution is 9.10. The molecule has 0 aromatic heterocycles. The monoisotopic (exact) mass is 287 g/mol. The highest BCUT2D eigenvalue weighted by atomic mass is 79.9. The normalized spacial score (nSPS) is 11.3. The van der Waals surface area contributed by atoms with Gasteiger partial charge in [0.2, 0.25) is 0 Å². The molecule has 1 aromatic carbocycles. The maximum atomic E-state index is 11.0. The molecule has 88 valence electrons. The van der Waals surface area contributed by atoms with Crippen LogP contribution in [0.2, 0.25) is 0 Å². The molecular weight excluding hydrogens is 274 g/mol. The van der Waals surface area contributed by atoms with E-state index in [2.05, 4.69) is 15.9 Å². The maximum Gasteiger partial charge on any atom is 0.314 e. The first-order valence-electron chi connectivity index (χ1n) is 4.85. The van der Waals surface area contributed by atoms with Crippen LogP contribution in [0.4, 0.5) is 5.69 Å². The molecule has 0 amide bonds.